The van der Waals surface area contributed by atoms with Crippen LogP contribution in [0.4, 0.5) is 11.4 Å². The van der Waals surface area contributed by atoms with E-state index in [1.807, 2.05) is 0 Å². The zero-order chi connectivity index (χ0) is 21.7. The van der Waals surface area contributed by atoms with Crippen LogP contribution in [0.3, 0.4) is 0 Å². The van der Waals surface area contributed by atoms with E-state index in [9.17, 15) is 21.6 Å². The molecule has 0 aliphatic carbocycles. The van der Waals surface area contributed by atoms with Crippen LogP contribution >= 0.6 is 0 Å². The largest absolute Gasteiger partial charge is 0.322 e. The number of carbonyl (C=O) groups excluding carboxylic acids is 1. The first-order valence-corrected chi connectivity index (χ1v) is 12.1. The highest BCUT2D eigenvalue weighted by molar-refractivity contribution is 7.92. The lowest BCUT2D eigenvalue weighted by atomic mass is 10.1. The molecule has 0 aliphatic heterocycles. The average molecular weight is 438 g/mol. The second-order valence-electron chi connectivity index (χ2n) is 6.45. The van der Waals surface area contributed by atoms with Crippen molar-refractivity contribution in [2.45, 2.75) is 12.7 Å². The van der Waals surface area contributed by atoms with Crippen molar-refractivity contribution < 1.29 is 21.6 Å². The summed E-state index contributed by atoms with van der Waals surface area (Å²) < 4.78 is 51.4. The lowest BCUT2D eigenvalue weighted by Gasteiger charge is -2.11. The monoisotopic (exact) mass is 437 g/mol. The summed E-state index contributed by atoms with van der Waals surface area (Å²) in [5.41, 5.74) is 2.33. The van der Waals surface area contributed by atoms with Crippen LogP contribution < -0.4 is 14.8 Å². The maximum atomic E-state index is 12.5. The smallest absolute Gasteiger partial charge is 0.255 e. The molecule has 10 heteroatoms. The molecule has 156 valence electrons. The molecular formula is C19H23N3O5S2. The minimum atomic E-state index is -3.47. The van der Waals surface area contributed by atoms with Gasteiger partial charge < -0.3 is 5.32 Å². The number of benzene rings is 2. The average Bonchev–Trinajstić information content (AvgIpc) is 2.62. The van der Waals surface area contributed by atoms with Crippen molar-refractivity contribution in [3.05, 3.63) is 71.8 Å². The summed E-state index contributed by atoms with van der Waals surface area (Å²) in [5, 5.41) is 2.70. The Labute approximate surface area is 171 Å². The van der Waals surface area contributed by atoms with Gasteiger partial charge in [0.2, 0.25) is 20.0 Å². The number of sulfonamides is 2. The second-order valence-corrected chi connectivity index (χ2v) is 10.0. The predicted octanol–water partition coefficient (Wildman–Crippen LogP) is 2.22. The molecule has 29 heavy (non-hydrogen) atoms. The molecular weight excluding hydrogens is 414 g/mol. The SMILES string of the molecule is C=CCNS(=O)(=O)Cc1ccc(NC(=O)c2ccc(C)c(NS(C)(=O)=O)c2)cc1. The molecule has 0 unspecified atom stereocenters. The number of rotatable bonds is 9. The van der Waals surface area contributed by atoms with E-state index in [0.717, 1.165) is 6.26 Å². The quantitative estimate of drug-likeness (QED) is 0.520. The third-order valence-electron chi connectivity index (χ3n) is 3.81. The van der Waals surface area contributed by atoms with Crippen LogP contribution in [0.5, 0.6) is 0 Å². The summed E-state index contributed by atoms with van der Waals surface area (Å²) in [6.07, 6.45) is 2.49. The van der Waals surface area contributed by atoms with Gasteiger partial charge >= 0.3 is 0 Å². The van der Waals surface area contributed by atoms with E-state index < -0.39 is 26.0 Å². The highest BCUT2D eigenvalue weighted by Crippen LogP contribution is 2.19. The van der Waals surface area contributed by atoms with Gasteiger partial charge in [-0.3, -0.25) is 9.52 Å². The first kappa shape index (κ1) is 22.6. The third kappa shape index (κ3) is 7.33. The number of anilines is 2. The van der Waals surface area contributed by atoms with Crippen LogP contribution in [-0.4, -0.2) is 35.5 Å². The molecule has 2 aromatic rings. The summed E-state index contributed by atoms with van der Waals surface area (Å²) in [7, 11) is -6.93. The molecule has 1 amide bonds. The van der Waals surface area contributed by atoms with Crippen LogP contribution in [0.2, 0.25) is 0 Å². The van der Waals surface area contributed by atoms with Gasteiger partial charge in [0.15, 0.2) is 0 Å². The minimum absolute atomic E-state index is 0.156. The normalized spacial score (nSPS) is 11.7. The molecule has 0 bridgehead atoms. The molecule has 0 radical (unpaired) electrons. The Kier molecular flexibility index (Phi) is 7.17. The maximum Gasteiger partial charge on any atom is 0.255 e. The number of hydrogen-bond donors (Lipinski definition) is 3. The van der Waals surface area contributed by atoms with Gasteiger partial charge in [-0.1, -0.05) is 24.3 Å². The highest BCUT2D eigenvalue weighted by Gasteiger charge is 2.13. The molecule has 2 rings (SSSR count). The fraction of sp³-hybridized carbons (Fsp3) is 0.211. The molecule has 0 heterocycles. The van der Waals surface area contributed by atoms with Crippen LogP contribution in [0.25, 0.3) is 0 Å². The van der Waals surface area contributed by atoms with Gasteiger partial charge in [-0.15, -0.1) is 6.58 Å². The number of amides is 1. The number of hydrogen-bond acceptors (Lipinski definition) is 5. The summed E-state index contributed by atoms with van der Waals surface area (Å²) in [4.78, 5) is 12.5. The molecule has 0 fully saturated rings. The highest BCUT2D eigenvalue weighted by atomic mass is 32.2. The van der Waals surface area contributed by atoms with Crippen LogP contribution in [0, 0.1) is 6.92 Å². The fourth-order valence-electron chi connectivity index (χ4n) is 2.42. The number of aryl methyl sites for hydroxylation is 1. The van der Waals surface area contributed by atoms with Crippen molar-refractivity contribution in [1.82, 2.24) is 4.72 Å². The Balaban J connectivity index is 2.09. The Hall–Kier alpha value is -2.69. The Morgan fingerprint density at radius 2 is 1.72 bits per heavy atom. The van der Waals surface area contributed by atoms with Gasteiger partial charge in [0.25, 0.3) is 5.91 Å². The lowest BCUT2D eigenvalue weighted by molar-refractivity contribution is 0.102. The Morgan fingerprint density at radius 3 is 2.31 bits per heavy atom. The van der Waals surface area contributed by atoms with Gasteiger partial charge in [-0.25, -0.2) is 21.6 Å². The zero-order valence-electron chi connectivity index (χ0n) is 16.1. The summed E-state index contributed by atoms with van der Waals surface area (Å²) in [6, 6.07) is 11.1. The molecule has 3 N–H and O–H groups in total. The van der Waals surface area contributed by atoms with Gasteiger partial charge in [-0.2, -0.15) is 0 Å². The van der Waals surface area contributed by atoms with Crippen molar-refractivity contribution in [3.8, 4) is 0 Å². The van der Waals surface area contributed by atoms with E-state index in [1.165, 1.54) is 12.1 Å². The van der Waals surface area contributed by atoms with Crippen molar-refractivity contribution in [2.24, 2.45) is 0 Å². The van der Waals surface area contributed by atoms with Crippen LogP contribution in [-0.2, 0) is 25.8 Å². The first-order valence-electron chi connectivity index (χ1n) is 8.56. The van der Waals surface area contributed by atoms with E-state index in [2.05, 4.69) is 21.3 Å². The molecule has 0 saturated heterocycles. The van der Waals surface area contributed by atoms with Gasteiger partial charge in [0.05, 0.1) is 17.7 Å². The Bertz CT molecular complexity index is 1110. The lowest BCUT2D eigenvalue weighted by Crippen LogP contribution is -2.25. The molecule has 0 aromatic heterocycles. The van der Waals surface area contributed by atoms with Crippen molar-refractivity contribution in [3.63, 3.8) is 0 Å². The van der Waals surface area contributed by atoms with E-state index in [1.54, 1.807) is 43.3 Å². The minimum Gasteiger partial charge on any atom is -0.322 e. The van der Waals surface area contributed by atoms with Crippen LogP contribution in [0.1, 0.15) is 21.5 Å². The fourth-order valence-corrected chi connectivity index (χ4v) is 4.14. The van der Waals surface area contributed by atoms with E-state index in [4.69, 9.17) is 0 Å². The molecule has 0 saturated carbocycles. The van der Waals surface area contributed by atoms with Crippen molar-refractivity contribution in [2.75, 3.05) is 22.8 Å². The van der Waals surface area contributed by atoms with Gasteiger partial charge in [0.1, 0.15) is 0 Å². The standard InChI is InChI=1S/C19H23N3O5S2/c1-4-11-20-29(26,27)13-15-6-9-17(10-7-15)21-19(23)16-8-5-14(2)18(12-16)22-28(3,24)25/h4-10,12,20,22H,1,11,13H2,2-3H3,(H,21,23). The Morgan fingerprint density at radius 1 is 1.07 bits per heavy atom. The molecule has 0 aliphatic rings. The second kappa shape index (κ2) is 9.21. The first-order chi connectivity index (χ1) is 13.5. The van der Waals surface area contributed by atoms with Gasteiger partial charge in [0, 0.05) is 17.8 Å². The predicted molar refractivity (Wildman–Crippen MR) is 115 cm³/mol. The zero-order valence-corrected chi connectivity index (χ0v) is 17.7. The van der Waals surface area contributed by atoms with E-state index >= 15 is 0 Å². The third-order valence-corrected chi connectivity index (χ3v) is 5.72. The maximum absolute atomic E-state index is 12.5. The number of nitrogens with one attached hydrogen (secondary N) is 3. The van der Waals surface area contributed by atoms with Crippen molar-refractivity contribution in [1.29, 1.82) is 0 Å². The molecule has 2 aromatic carbocycles. The number of carbonyl (C=O) groups is 1. The summed E-state index contributed by atoms with van der Waals surface area (Å²) >= 11 is 0. The topological polar surface area (TPSA) is 121 Å². The summed E-state index contributed by atoms with van der Waals surface area (Å²) in [5.74, 6) is -0.609. The molecule has 0 spiro atoms. The van der Waals surface area contributed by atoms with E-state index in [0.29, 0.717) is 22.5 Å². The summed E-state index contributed by atoms with van der Waals surface area (Å²) in [6.45, 7) is 5.35. The van der Waals surface area contributed by atoms with E-state index in [-0.39, 0.29) is 17.9 Å². The van der Waals surface area contributed by atoms with Gasteiger partial charge in [-0.05, 0) is 42.3 Å². The van der Waals surface area contributed by atoms with Crippen molar-refractivity contribution >= 4 is 37.3 Å². The van der Waals surface area contributed by atoms with Crippen LogP contribution in [0.15, 0.2) is 55.1 Å². The molecule has 8 nitrogen and oxygen atoms in total. The molecule has 0 atom stereocenters.